The molecule has 4 nitrogen and oxygen atoms in total. The zero-order chi connectivity index (χ0) is 25.5. The van der Waals surface area contributed by atoms with Gasteiger partial charge in [0.1, 0.15) is 25.0 Å². The Bertz CT molecular complexity index is 832. The number of carbonyl (C=O) groups excluding carboxylic acids is 1. The van der Waals surface area contributed by atoms with Gasteiger partial charge in [-0.2, -0.15) is 0 Å². The molecule has 0 N–H and O–H groups in total. The zero-order valence-corrected chi connectivity index (χ0v) is 22.8. The number of ether oxygens (including phenoxy) is 2. The molecule has 0 saturated carbocycles. The van der Waals surface area contributed by atoms with Crippen molar-refractivity contribution >= 4 is 5.97 Å². The highest BCUT2D eigenvalue weighted by Crippen LogP contribution is 2.20. The van der Waals surface area contributed by atoms with Gasteiger partial charge in [-0.25, -0.2) is 4.79 Å². The predicted molar refractivity (Wildman–Crippen MR) is 146 cm³/mol. The maximum absolute atomic E-state index is 13.0. The van der Waals surface area contributed by atoms with E-state index in [9.17, 15) is 4.79 Å². The second-order valence-electron chi connectivity index (χ2n) is 10.3. The van der Waals surface area contributed by atoms with Crippen molar-refractivity contribution in [2.24, 2.45) is 0 Å². The molecule has 0 heterocycles. The number of likely N-dealkylation sites (N-methyl/N-ethyl adjacent to an activating group) is 1. The first-order valence-electron chi connectivity index (χ1n) is 13.7. The van der Waals surface area contributed by atoms with Gasteiger partial charge in [-0.1, -0.05) is 95.3 Å². The van der Waals surface area contributed by atoms with Crippen LogP contribution in [0.15, 0.2) is 54.6 Å². The molecule has 0 bridgehead atoms. The van der Waals surface area contributed by atoms with E-state index in [-0.39, 0.29) is 24.7 Å². The topological polar surface area (TPSA) is 35.5 Å². The summed E-state index contributed by atoms with van der Waals surface area (Å²) in [7, 11) is 4.20. The Hall–Kier alpha value is -2.33. The Labute approximate surface area is 214 Å². The number of quaternary nitrogens is 1. The molecular formula is C31H48NO3+. The summed E-state index contributed by atoms with van der Waals surface area (Å²) >= 11 is 0. The van der Waals surface area contributed by atoms with Crippen LogP contribution in [0.5, 0.6) is 5.75 Å². The third-order valence-electron chi connectivity index (χ3n) is 6.85. The molecule has 2 rings (SSSR count). The smallest absolute Gasteiger partial charge is 0.365 e. The number of carbonyl (C=O) groups is 1. The van der Waals surface area contributed by atoms with Crippen LogP contribution in [0.25, 0.3) is 0 Å². The third-order valence-corrected chi connectivity index (χ3v) is 6.85. The van der Waals surface area contributed by atoms with Crippen LogP contribution in [0.4, 0.5) is 0 Å². The van der Waals surface area contributed by atoms with Gasteiger partial charge in [0.25, 0.3) is 0 Å². The fraction of sp³-hybridized carbons (Fsp3) is 0.581. The van der Waals surface area contributed by atoms with E-state index in [4.69, 9.17) is 9.47 Å². The molecule has 0 aliphatic carbocycles. The summed E-state index contributed by atoms with van der Waals surface area (Å²) in [4.78, 5) is 13.0. The maximum atomic E-state index is 13.0. The van der Waals surface area contributed by atoms with Crippen LogP contribution in [0, 0.1) is 0 Å². The molecule has 2 unspecified atom stereocenters. The number of rotatable bonds is 17. The molecule has 0 aliphatic rings. The summed E-state index contributed by atoms with van der Waals surface area (Å²) in [6, 6.07) is 18.5. The first-order chi connectivity index (χ1) is 16.9. The highest BCUT2D eigenvalue weighted by atomic mass is 16.6. The Morgan fingerprint density at radius 3 is 2.09 bits per heavy atom. The Morgan fingerprint density at radius 2 is 1.46 bits per heavy atom. The van der Waals surface area contributed by atoms with Gasteiger partial charge >= 0.3 is 5.97 Å². The molecule has 194 valence electrons. The lowest BCUT2D eigenvalue weighted by atomic mass is 10.0. The fourth-order valence-corrected chi connectivity index (χ4v) is 4.65. The quantitative estimate of drug-likeness (QED) is 0.134. The van der Waals surface area contributed by atoms with Gasteiger partial charge in [-0.15, -0.1) is 0 Å². The molecule has 4 heteroatoms. The lowest BCUT2D eigenvalue weighted by molar-refractivity contribution is -0.919. The molecule has 0 aromatic heterocycles. The average Bonchev–Trinajstić information content (AvgIpc) is 2.85. The largest absolute Gasteiger partial charge is 0.487 e. The third kappa shape index (κ3) is 10.4. The first-order valence-corrected chi connectivity index (χ1v) is 13.7. The summed E-state index contributed by atoms with van der Waals surface area (Å²) in [5, 5.41) is 0. The number of nitrogens with zero attached hydrogens (tertiary/aromatic N) is 1. The van der Waals surface area contributed by atoms with Crippen molar-refractivity contribution in [3.8, 4) is 5.75 Å². The molecule has 2 atom stereocenters. The van der Waals surface area contributed by atoms with Crippen LogP contribution in [-0.2, 0) is 22.5 Å². The summed E-state index contributed by atoms with van der Waals surface area (Å²) in [5.74, 6) is 0.691. The van der Waals surface area contributed by atoms with Crippen molar-refractivity contribution in [3.05, 3.63) is 65.7 Å². The van der Waals surface area contributed by atoms with E-state index in [1.807, 2.05) is 30.3 Å². The predicted octanol–water partition coefficient (Wildman–Crippen LogP) is 7.35. The number of aryl methyl sites for hydroxylation is 1. The van der Waals surface area contributed by atoms with Gasteiger partial charge < -0.3 is 14.0 Å². The summed E-state index contributed by atoms with van der Waals surface area (Å²) in [6.07, 6.45) is 10.4. The molecule has 0 amide bonds. The van der Waals surface area contributed by atoms with Crippen LogP contribution in [0.1, 0.15) is 83.3 Å². The van der Waals surface area contributed by atoms with Gasteiger partial charge in [-0.05, 0) is 37.0 Å². The minimum absolute atomic E-state index is 0.148. The average molecular weight is 483 g/mol. The van der Waals surface area contributed by atoms with Crippen LogP contribution < -0.4 is 4.74 Å². The van der Waals surface area contributed by atoms with E-state index in [2.05, 4.69) is 59.1 Å². The lowest BCUT2D eigenvalue weighted by Crippen LogP contribution is -2.52. The van der Waals surface area contributed by atoms with Crippen molar-refractivity contribution < 1.29 is 18.8 Å². The summed E-state index contributed by atoms with van der Waals surface area (Å²) in [5.41, 5.74) is 2.58. The van der Waals surface area contributed by atoms with Gasteiger partial charge in [0.15, 0.2) is 6.04 Å². The second kappa shape index (κ2) is 15.6. The van der Waals surface area contributed by atoms with Crippen LogP contribution >= 0.6 is 0 Å². The van der Waals surface area contributed by atoms with Crippen LogP contribution in [0.2, 0.25) is 0 Å². The van der Waals surface area contributed by atoms with E-state index in [1.54, 1.807) is 0 Å². The number of hydrogen-bond acceptors (Lipinski definition) is 3. The SMILES string of the molecule is CCCCCCCCc1ccc(OC(CC)COC(=O)C(CC)[N+](C)(C)Cc2ccccc2)cc1. The highest BCUT2D eigenvalue weighted by Gasteiger charge is 2.35. The fourth-order valence-electron chi connectivity index (χ4n) is 4.65. The van der Waals surface area contributed by atoms with E-state index < -0.39 is 0 Å². The normalized spacial score (nSPS) is 13.3. The molecule has 2 aromatic carbocycles. The minimum atomic E-state index is -0.214. The lowest BCUT2D eigenvalue weighted by Gasteiger charge is -2.36. The number of esters is 1. The van der Waals surface area contributed by atoms with E-state index in [1.165, 1.54) is 49.7 Å². The summed E-state index contributed by atoms with van der Waals surface area (Å²) in [6.45, 7) is 7.44. The van der Waals surface area contributed by atoms with Crippen molar-refractivity contribution in [1.82, 2.24) is 0 Å². The maximum Gasteiger partial charge on any atom is 0.365 e. The van der Waals surface area contributed by atoms with E-state index in [0.29, 0.717) is 4.48 Å². The molecule has 35 heavy (non-hydrogen) atoms. The molecule has 2 aromatic rings. The van der Waals surface area contributed by atoms with Gasteiger partial charge in [0, 0.05) is 12.0 Å². The number of benzene rings is 2. The monoisotopic (exact) mass is 482 g/mol. The Morgan fingerprint density at radius 1 is 0.800 bits per heavy atom. The van der Waals surface area contributed by atoms with E-state index >= 15 is 0 Å². The van der Waals surface area contributed by atoms with Crippen LogP contribution in [0.3, 0.4) is 0 Å². The molecule has 0 spiro atoms. The molecule has 0 aliphatic heterocycles. The number of unbranched alkanes of at least 4 members (excludes halogenated alkanes) is 5. The van der Waals surface area contributed by atoms with Crippen molar-refractivity contribution in [3.63, 3.8) is 0 Å². The highest BCUT2D eigenvalue weighted by molar-refractivity contribution is 5.74. The first kappa shape index (κ1) is 28.9. The Kier molecular flexibility index (Phi) is 12.9. The van der Waals surface area contributed by atoms with Crippen LogP contribution in [-0.4, -0.2) is 43.3 Å². The van der Waals surface area contributed by atoms with Crippen molar-refractivity contribution in [2.45, 2.75) is 97.2 Å². The molecular weight excluding hydrogens is 434 g/mol. The van der Waals surface area contributed by atoms with Gasteiger partial charge in [-0.3, -0.25) is 0 Å². The summed E-state index contributed by atoms with van der Waals surface area (Å²) < 4.78 is 12.5. The van der Waals surface area contributed by atoms with E-state index in [0.717, 1.165) is 31.6 Å². The van der Waals surface area contributed by atoms with Gasteiger partial charge in [0.05, 0.1) is 14.1 Å². The Balaban J connectivity index is 1.81. The second-order valence-corrected chi connectivity index (χ2v) is 10.3. The zero-order valence-electron chi connectivity index (χ0n) is 22.8. The van der Waals surface area contributed by atoms with Crippen molar-refractivity contribution in [1.29, 1.82) is 0 Å². The van der Waals surface area contributed by atoms with Crippen molar-refractivity contribution in [2.75, 3.05) is 20.7 Å². The minimum Gasteiger partial charge on any atom is -0.487 e. The number of hydrogen-bond donors (Lipinski definition) is 0. The molecule has 0 saturated heterocycles. The van der Waals surface area contributed by atoms with Gasteiger partial charge in [0.2, 0.25) is 0 Å². The standard InChI is InChI=1S/C31H48NO3/c1-6-9-10-11-12-14-17-26-20-22-29(23-21-26)35-28(7-2)25-34-31(33)30(8-3)32(4,5)24-27-18-15-13-16-19-27/h13,15-16,18-23,28,30H,6-12,14,17,24-25H2,1-5H3/q+1. The molecule has 0 fully saturated rings. The molecule has 0 radical (unpaired) electrons.